The molecule has 2 rings (SSSR count). The van der Waals surface area contributed by atoms with E-state index < -0.39 is 22.6 Å². The molecule has 0 aliphatic rings. The second kappa shape index (κ2) is 8.96. The van der Waals surface area contributed by atoms with Gasteiger partial charge in [-0.05, 0) is 49.7 Å². The molecular formula is C20H24F3NO3S. The lowest BCUT2D eigenvalue weighted by molar-refractivity contribution is -0.153. The highest BCUT2D eigenvalue weighted by molar-refractivity contribution is 7.91. The van der Waals surface area contributed by atoms with Crippen LogP contribution in [0.25, 0.3) is 0 Å². The van der Waals surface area contributed by atoms with Crippen molar-refractivity contribution in [3.05, 3.63) is 59.2 Å². The van der Waals surface area contributed by atoms with Crippen LogP contribution in [0.2, 0.25) is 0 Å². The van der Waals surface area contributed by atoms with Crippen LogP contribution in [0.5, 0.6) is 5.75 Å². The molecule has 0 fully saturated rings. The molecule has 0 N–H and O–H groups in total. The molecule has 0 spiro atoms. The Kier molecular flexibility index (Phi) is 7.11. The molecule has 4 nitrogen and oxygen atoms in total. The Morgan fingerprint density at radius 3 is 2.14 bits per heavy atom. The van der Waals surface area contributed by atoms with E-state index in [0.717, 1.165) is 5.56 Å². The maximum absolute atomic E-state index is 12.4. The van der Waals surface area contributed by atoms with Crippen molar-refractivity contribution in [2.24, 2.45) is 0 Å². The number of rotatable bonds is 8. The molecule has 0 radical (unpaired) electrons. The highest BCUT2D eigenvalue weighted by Gasteiger charge is 2.29. The third-order valence-corrected chi connectivity index (χ3v) is 5.91. The van der Waals surface area contributed by atoms with Crippen molar-refractivity contribution >= 4 is 9.84 Å². The summed E-state index contributed by atoms with van der Waals surface area (Å²) in [6.07, 6.45) is -4.39. The number of sulfone groups is 1. The van der Waals surface area contributed by atoms with E-state index in [1.807, 2.05) is 4.90 Å². The molecule has 0 saturated carbocycles. The van der Waals surface area contributed by atoms with Crippen molar-refractivity contribution in [3.8, 4) is 5.75 Å². The quantitative estimate of drug-likeness (QED) is 0.650. The van der Waals surface area contributed by atoms with Crippen molar-refractivity contribution < 1.29 is 26.3 Å². The normalized spacial score (nSPS) is 12.4. The number of hydrogen-bond acceptors (Lipinski definition) is 4. The molecule has 2 aromatic rings. The zero-order chi connectivity index (χ0) is 20.9. The minimum atomic E-state index is -4.39. The van der Waals surface area contributed by atoms with Crippen LogP contribution in [-0.4, -0.2) is 45.4 Å². The third-order valence-electron chi connectivity index (χ3n) is 4.20. The van der Waals surface area contributed by atoms with E-state index in [0.29, 0.717) is 29.1 Å². The highest BCUT2D eigenvalue weighted by Crippen LogP contribution is 2.27. The predicted octanol–water partition coefficient (Wildman–Crippen LogP) is 4.15. The average Bonchev–Trinajstić information content (AvgIpc) is 2.59. The van der Waals surface area contributed by atoms with Crippen LogP contribution >= 0.6 is 0 Å². The first-order valence-electron chi connectivity index (χ1n) is 8.74. The molecule has 0 aliphatic carbocycles. The second-order valence-corrected chi connectivity index (χ2v) is 8.94. The van der Waals surface area contributed by atoms with E-state index in [-0.39, 0.29) is 11.5 Å². The lowest BCUT2D eigenvalue weighted by Gasteiger charge is -2.19. The van der Waals surface area contributed by atoms with Gasteiger partial charge in [-0.3, -0.25) is 0 Å². The minimum absolute atomic E-state index is 0.0156. The molecular weight excluding hydrogens is 391 g/mol. The van der Waals surface area contributed by atoms with Gasteiger partial charge in [0.1, 0.15) is 5.75 Å². The lowest BCUT2D eigenvalue weighted by Crippen LogP contribution is -2.25. The van der Waals surface area contributed by atoms with E-state index in [1.165, 1.54) is 0 Å². The summed E-state index contributed by atoms with van der Waals surface area (Å²) in [5.74, 6) is 0.216. The summed E-state index contributed by atoms with van der Waals surface area (Å²) in [4.78, 5) is 2.16. The van der Waals surface area contributed by atoms with Crippen molar-refractivity contribution in [1.82, 2.24) is 4.90 Å². The highest BCUT2D eigenvalue weighted by atomic mass is 32.2. The fraction of sp³-hybridized carbons (Fsp3) is 0.400. The first-order valence-corrected chi connectivity index (χ1v) is 10.4. The smallest absolute Gasteiger partial charge is 0.422 e. The number of benzene rings is 2. The van der Waals surface area contributed by atoms with Gasteiger partial charge in [0.2, 0.25) is 0 Å². The summed E-state index contributed by atoms with van der Waals surface area (Å²) in [6.45, 7) is 2.88. The molecule has 28 heavy (non-hydrogen) atoms. The molecule has 0 amide bonds. The summed E-state index contributed by atoms with van der Waals surface area (Å²) in [5.41, 5.74) is 2.11. The molecule has 154 valence electrons. The molecule has 0 bridgehead atoms. The van der Waals surface area contributed by atoms with Gasteiger partial charge >= 0.3 is 6.18 Å². The summed E-state index contributed by atoms with van der Waals surface area (Å²) in [7, 11) is -1.56. The van der Waals surface area contributed by atoms with Crippen LogP contribution in [-0.2, 0) is 16.4 Å². The Morgan fingerprint density at radius 1 is 1.04 bits per heavy atom. The molecule has 2 aromatic carbocycles. The van der Waals surface area contributed by atoms with E-state index in [1.54, 1.807) is 63.4 Å². The standard InChI is InChI=1S/C20H24F3NO3S/c1-15-11-17(12-16(2)19(15)27-14-20(21,22)23)13-24(3)9-10-28(25,26)18-7-5-4-6-8-18/h4-8,11-12H,9-10,13-14H2,1-3H3. The summed E-state index contributed by atoms with van der Waals surface area (Å²) in [5, 5.41) is 0. The Labute approximate surface area is 163 Å². The monoisotopic (exact) mass is 415 g/mol. The van der Waals surface area contributed by atoms with Gasteiger partial charge in [-0.1, -0.05) is 30.3 Å². The molecule has 0 aromatic heterocycles. The SMILES string of the molecule is Cc1cc(CN(C)CCS(=O)(=O)c2ccccc2)cc(C)c1OCC(F)(F)F. The second-order valence-electron chi connectivity index (χ2n) is 6.83. The fourth-order valence-corrected chi connectivity index (χ4v) is 4.28. The summed E-state index contributed by atoms with van der Waals surface area (Å²) >= 11 is 0. The summed E-state index contributed by atoms with van der Waals surface area (Å²) in [6, 6.07) is 11.8. The largest absolute Gasteiger partial charge is 0.484 e. The fourth-order valence-electron chi connectivity index (χ4n) is 2.93. The van der Waals surface area contributed by atoms with Crippen LogP contribution < -0.4 is 4.74 Å². The Hall–Kier alpha value is -2.06. The topological polar surface area (TPSA) is 46.6 Å². The van der Waals surface area contributed by atoms with Gasteiger partial charge in [0.05, 0.1) is 10.6 Å². The van der Waals surface area contributed by atoms with E-state index in [4.69, 9.17) is 4.74 Å². The Balaban J connectivity index is 1.99. The molecule has 0 aliphatic heterocycles. The van der Waals surface area contributed by atoms with Crippen LogP contribution in [0.1, 0.15) is 16.7 Å². The van der Waals surface area contributed by atoms with Crippen molar-refractivity contribution in [3.63, 3.8) is 0 Å². The van der Waals surface area contributed by atoms with Crippen LogP contribution in [0.4, 0.5) is 13.2 Å². The molecule has 0 atom stereocenters. The molecule has 8 heteroatoms. The molecule has 0 heterocycles. The zero-order valence-electron chi connectivity index (χ0n) is 16.1. The van der Waals surface area contributed by atoms with Crippen LogP contribution in [0.15, 0.2) is 47.4 Å². The summed E-state index contributed by atoms with van der Waals surface area (Å²) < 4.78 is 66.8. The van der Waals surface area contributed by atoms with E-state index in [2.05, 4.69) is 0 Å². The zero-order valence-corrected chi connectivity index (χ0v) is 16.9. The third kappa shape index (κ3) is 6.53. The van der Waals surface area contributed by atoms with Crippen LogP contribution in [0, 0.1) is 13.8 Å². The van der Waals surface area contributed by atoms with Gasteiger partial charge < -0.3 is 9.64 Å². The Bertz CT molecular complexity index is 874. The number of alkyl halides is 3. The number of halogens is 3. The predicted molar refractivity (Wildman–Crippen MR) is 102 cm³/mol. The van der Waals surface area contributed by atoms with Crippen LogP contribution in [0.3, 0.4) is 0 Å². The number of hydrogen-bond donors (Lipinski definition) is 0. The number of nitrogens with zero attached hydrogens (tertiary/aromatic N) is 1. The molecule has 0 saturated heterocycles. The lowest BCUT2D eigenvalue weighted by atomic mass is 10.1. The maximum atomic E-state index is 12.4. The van der Waals surface area contributed by atoms with Crippen molar-refractivity contribution in [1.29, 1.82) is 0 Å². The first-order chi connectivity index (χ1) is 13.0. The van der Waals surface area contributed by atoms with Gasteiger partial charge in [0.15, 0.2) is 16.4 Å². The van der Waals surface area contributed by atoms with Gasteiger partial charge in [-0.15, -0.1) is 0 Å². The van der Waals surface area contributed by atoms with Crippen molar-refractivity contribution in [2.45, 2.75) is 31.5 Å². The number of aryl methyl sites for hydroxylation is 2. The Morgan fingerprint density at radius 2 is 1.61 bits per heavy atom. The average molecular weight is 415 g/mol. The van der Waals surface area contributed by atoms with Gasteiger partial charge in [0.25, 0.3) is 0 Å². The number of ether oxygens (including phenoxy) is 1. The minimum Gasteiger partial charge on any atom is -0.484 e. The van der Waals surface area contributed by atoms with Gasteiger partial charge in [-0.2, -0.15) is 13.2 Å². The van der Waals surface area contributed by atoms with Gasteiger partial charge in [-0.25, -0.2) is 8.42 Å². The van der Waals surface area contributed by atoms with E-state index in [9.17, 15) is 21.6 Å². The van der Waals surface area contributed by atoms with E-state index >= 15 is 0 Å². The van der Waals surface area contributed by atoms with Gasteiger partial charge in [0, 0.05) is 13.1 Å². The first kappa shape index (κ1) is 22.2. The van der Waals surface area contributed by atoms with Crippen molar-refractivity contribution in [2.75, 3.05) is 26.0 Å². The maximum Gasteiger partial charge on any atom is 0.422 e. The molecule has 0 unspecified atom stereocenters.